The number of aryl methyl sites for hydroxylation is 2. The first-order valence-corrected chi connectivity index (χ1v) is 9.87. The van der Waals surface area contributed by atoms with Crippen molar-refractivity contribution in [2.45, 2.75) is 37.3 Å². The Labute approximate surface area is 151 Å². The molecule has 0 N–H and O–H groups in total. The summed E-state index contributed by atoms with van der Waals surface area (Å²) in [6.07, 6.45) is 0.154. The van der Waals surface area contributed by atoms with Crippen LogP contribution in [-0.4, -0.2) is 20.3 Å². The van der Waals surface area contributed by atoms with Crippen LogP contribution in [0.25, 0.3) is 21.7 Å². The molecule has 3 heterocycles. The largest absolute Gasteiger partial charge is 0.433 e. The van der Waals surface area contributed by atoms with E-state index in [0.29, 0.717) is 11.0 Å². The Morgan fingerprint density at radius 2 is 2.12 bits per heavy atom. The van der Waals surface area contributed by atoms with Gasteiger partial charge < -0.3 is 4.57 Å². The topological polar surface area (TPSA) is 30.7 Å². The lowest BCUT2D eigenvalue weighted by Crippen LogP contribution is -2.07. The van der Waals surface area contributed by atoms with Gasteiger partial charge in [0, 0.05) is 16.8 Å². The zero-order valence-corrected chi connectivity index (χ0v) is 15.4. The third-order valence-corrected chi connectivity index (χ3v) is 6.87. The maximum Gasteiger partial charge on any atom is 0.433 e. The molecule has 0 saturated carbocycles. The molecule has 8 heteroatoms. The van der Waals surface area contributed by atoms with E-state index in [0.717, 1.165) is 35.4 Å². The van der Waals surface area contributed by atoms with Gasteiger partial charge in [0.1, 0.15) is 5.69 Å². The molecule has 25 heavy (non-hydrogen) atoms. The second-order valence-corrected chi connectivity index (χ2v) is 8.38. The highest BCUT2D eigenvalue weighted by Crippen LogP contribution is 2.46. The molecule has 3 nitrogen and oxygen atoms in total. The van der Waals surface area contributed by atoms with Crippen LogP contribution in [0.4, 0.5) is 13.2 Å². The smallest absolute Gasteiger partial charge is 0.325 e. The van der Waals surface area contributed by atoms with Crippen molar-refractivity contribution < 1.29 is 13.2 Å². The summed E-state index contributed by atoms with van der Waals surface area (Å²) < 4.78 is 40.6. The lowest BCUT2D eigenvalue weighted by Gasteiger charge is -2.06. The fourth-order valence-corrected chi connectivity index (χ4v) is 5.85. The molecule has 0 aromatic carbocycles. The molecule has 4 rings (SSSR count). The molecule has 0 spiro atoms. The molecule has 0 aliphatic heterocycles. The molecule has 0 saturated heterocycles. The van der Waals surface area contributed by atoms with Crippen molar-refractivity contribution in [3.05, 3.63) is 28.4 Å². The standard InChI is InChI=1S/C17H16F3N3S2/c1-3-24-14-9-5-4-6-12(9)25-15(14)16-22-10-7-13(17(18,19)20)21-8-11(10)23(16)2/h7-8H,3-6H2,1-2H3. The van der Waals surface area contributed by atoms with Crippen molar-refractivity contribution in [3.63, 3.8) is 0 Å². The van der Waals surface area contributed by atoms with Gasteiger partial charge in [-0.25, -0.2) is 9.97 Å². The second kappa shape index (κ2) is 6.02. The summed E-state index contributed by atoms with van der Waals surface area (Å²) in [5.41, 5.74) is 1.46. The summed E-state index contributed by atoms with van der Waals surface area (Å²) in [7, 11) is 1.84. The molecule has 0 fully saturated rings. The Morgan fingerprint density at radius 1 is 1.32 bits per heavy atom. The van der Waals surface area contributed by atoms with Crippen LogP contribution in [0.2, 0.25) is 0 Å². The van der Waals surface area contributed by atoms with Gasteiger partial charge in [-0.05, 0) is 36.6 Å². The zero-order valence-electron chi connectivity index (χ0n) is 13.8. The van der Waals surface area contributed by atoms with E-state index >= 15 is 0 Å². The average Bonchev–Trinajstić information content (AvgIpc) is 3.21. The summed E-state index contributed by atoms with van der Waals surface area (Å²) in [5.74, 6) is 1.69. The first-order valence-electron chi connectivity index (χ1n) is 8.07. The van der Waals surface area contributed by atoms with Crippen molar-refractivity contribution >= 4 is 34.1 Å². The van der Waals surface area contributed by atoms with E-state index in [4.69, 9.17) is 0 Å². The van der Waals surface area contributed by atoms with Gasteiger partial charge in [-0.1, -0.05) is 6.92 Å². The fraction of sp³-hybridized carbons (Fsp3) is 0.412. The maximum absolute atomic E-state index is 12.9. The highest BCUT2D eigenvalue weighted by molar-refractivity contribution is 7.99. The molecule has 3 aromatic heterocycles. The van der Waals surface area contributed by atoms with Gasteiger partial charge >= 0.3 is 6.18 Å². The van der Waals surface area contributed by atoms with Crippen molar-refractivity contribution in [1.29, 1.82) is 0 Å². The number of halogens is 3. The highest BCUT2D eigenvalue weighted by Gasteiger charge is 2.33. The van der Waals surface area contributed by atoms with E-state index in [1.165, 1.54) is 28.0 Å². The quantitative estimate of drug-likeness (QED) is 0.574. The van der Waals surface area contributed by atoms with E-state index < -0.39 is 11.9 Å². The molecule has 0 radical (unpaired) electrons. The lowest BCUT2D eigenvalue weighted by molar-refractivity contribution is -0.141. The Bertz CT molecular complexity index is 956. The minimum atomic E-state index is -4.46. The van der Waals surface area contributed by atoms with E-state index in [9.17, 15) is 13.2 Å². The summed E-state index contributed by atoms with van der Waals surface area (Å²) >= 11 is 3.53. The van der Waals surface area contributed by atoms with Gasteiger partial charge in [-0.3, -0.25) is 0 Å². The third kappa shape index (κ3) is 2.75. The first kappa shape index (κ1) is 16.9. The number of aromatic nitrogens is 3. The van der Waals surface area contributed by atoms with E-state index in [1.54, 1.807) is 23.1 Å². The van der Waals surface area contributed by atoms with Gasteiger partial charge in [-0.15, -0.1) is 23.1 Å². The van der Waals surface area contributed by atoms with Crippen LogP contribution < -0.4 is 0 Å². The molecular weight excluding hydrogens is 367 g/mol. The van der Waals surface area contributed by atoms with Crippen LogP contribution in [0, 0.1) is 0 Å². The van der Waals surface area contributed by atoms with Crippen molar-refractivity contribution in [2.24, 2.45) is 7.05 Å². The lowest BCUT2D eigenvalue weighted by atomic mass is 10.2. The fourth-order valence-electron chi connectivity index (χ4n) is 3.27. The summed E-state index contributed by atoms with van der Waals surface area (Å²) in [6.45, 7) is 2.11. The predicted molar refractivity (Wildman–Crippen MR) is 95.2 cm³/mol. The number of pyridine rings is 1. The number of hydrogen-bond acceptors (Lipinski definition) is 4. The first-order chi connectivity index (χ1) is 11.9. The minimum Gasteiger partial charge on any atom is -0.325 e. The van der Waals surface area contributed by atoms with Gasteiger partial charge in [0.05, 0.1) is 22.1 Å². The Kier molecular flexibility index (Phi) is 4.07. The number of thiophene rings is 1. The molecule has 0 amide bonds. The Morgan fingerprint density at radius 3 is 2.84 bits per heavy atom. The zero-order chi connectivity index (χ0) is 17.8. The number of alkyl halides is 3. The SMILES string of the molecule is CCSc1c(-c2nc3cc(C(F)(F)F)ncc3n2C)sc2c1CCC2. The normalized spacial score (nSPS) is 14.4. The van der Waals surface area contributed by atoms with E-state index in [2.05, 4.69) is 16.9 Å². The van der Waals surface area contributed by atoms with Gasteiger partial charge in [-0.2, -0.15) is 13.2 Å². The van der Waals surface area contributed by atoms with Gasteiger partial charge in [0.15, 0.2) is 5.82 Å². The van der Waals surface area contributed by atoms with Crippen LogP contribution in [0.1, 0.15) is 29.5 Å². The predicted octanol–water partition coefficient (Wildman–Crippen LogP) is 5.32. The number of fused-ring (bicyclic) bond motifs is 2. The third-order valence-electron chi connectivity index (χ3n) is 4.42. The van der Waals surface area contributed by atoms with Gasteiger partial charge in [0.25, 0.3) is 0 Å². The molecule has 1 aliphatic rings. The summed E-state index contributed by atoms with van der Waals surface area (Å²) in [4.78, 5) is 11.8. The van der Waals surface area contributed by atoms with E-state index in [-0.39, 0.29) is 0 Å². The number of thioether (sulfide) groups is 1. The van der Waals surface area contributed by atoms with Gasteiger partial charge in [0.2, 0.25) is 0 Å². The van der Waals surface area contributed by atoms with E-state index in [1.807, 2.05) is 11.6 Å². The molecule has 0 unspecified atom stereocenters. The monoisotopic (exact) mass is 383 g/mol. The molecular formula is C17H16F3N3S2. The van der Waals surface area contributed by atoms with Crippen molar-refractivity contribution in [1.82, 2.24) is 14.5 Å². The number of hydrogen-bond donors (Lipinski definition) is 0. The molecule has 0 bridgehead atoms. The van der Waals surface area contributed by atoms with Crippen molar-refractivity contribution in [2.75, 3.05) is 5.75 Å². The van der Waals surface area contributed by atoms with Crippen molar-refractivity contribution in [3.8, 4) is 10.7 Å². The summed E-state index contributed by atoms with van der Waals surface area (Å²) in [6, 6.07) is 1.03. The Hall–Kier alpha value is -1.54. The second-order valence-electron chi connectivity index (χ2n) is 6.00. The molecule has 0 atom stereocenters. The molecule has 3 aromatic rings. The minimum absolute atomic E-state index is 0.334. The average molecular weight is 383 g/mol. The van der Waals surface area contributed by atoms with Crippen LogP contribution >= 0.6 is 23.1 Å². The number of nitrogens with zero attached hydrogens (tertiary/aromatic N) is 3. The number of imidazole rings is 1. The highest BCUT2D eigenvalue weighted by atomic mass is 32.2. The van der Waals surface area contributed by atoms with Crippen LogP contribution in [0.15, 0.2) is 17.2 Å². The summed E-state index contributed by atoms with van der Waals surface area (Å²) in [5, 5.41) is 0. The Balaban J connectivity index is 1.89. The van der Waals surface area contributed by atoms with Crippen LogP contribution in [-0.2, 0) is 26.1 Å². The van der Waals surface area contributed by atoms with Crippen LogP contribution in [0.5, 0.6) is 0 Å². The molecule has 1 aliphatic carbocycles. The molecule has 132 valence electrons. The maximum atomic E-state index is 12.9. The van der Waals surface area contributed by atoms with Crippen LogP contribution in [0.3, 0.4) is 0 Å². The number of rotatable bonds is 3.